The number of benzene rings is 1. The van der Waals surface area contributed by atoms with Crippen molar-refractivity contribution in [3.8, 4) is 17.4 Å². The quantitative estimate of drug-likeness (QED) is 0.278. The number of pyridine rings is 1. The summed E-state index contributed by atoms with van der Waals surface area (Å²) in [5.41, 5.74) is 1.22. The second-order valence-electron chi connectivity index (χ2n) is 7.25. The predicted molar refractivity (Wildman–Crippen MR) is 137 cm³/mol. The third kappa shape index (κ3) is 5.54. The van der Waals surface area contributed by atoms with E-state index in [1.807, 2.05) is 5.38 Å². The van der Waals surface area contributed by atoms with E-state index in [4.69, 9.17) is 27.9 Å². The highest BCUT2D eigenvalue weighted by atomic mass is 35.5. The average Bonchev–Trinajstić information content (AvgIpc) is 3.49. The Hall–Kier alpha value is -3.66. The molecule has 178 valence electrons. The molecule has 0 atom stereocenters. The molecule has 0 saturated heterocycles. The molecule has 0 aliphatic carbocycles. The fraction of sp³-hybridized carbons (Fsp3) is 0.0833. The zero-order valence-electron chi connectivity index (χ0n) is 18.4. The molecule has 0 aliphatic rings. The van der Waals surface area contributed by atoms with Gasteiger partial charge in [0.15, 0.2) is 5.82 Å². The number of hydrogen-bond donors (Lipinski definition) is 2. The van der Waals surface area contributed by atoms with Gasteiger partial charge in [0.2, 0.25) is 5.88 Å². The van der Waals surface area contributed by atoms with Crippen LogP contribution in [0, 0.1) is 6.92 Å². The molecule has 0 unspecified atom stereocenters. The molecule has 0 spiro atoms. The highest BCUT2D eigenvalue weighted by Gasteiger charge is 2.23. The van der Waals surface area contributed by atoms with Crippen LogP contribution in [0.5, 0.6) is 11.6 Å². The van der Waals surface area contributed by atoms with E-state index in [0.717, 1.165) is 0 Å². The second-order valence-corrected chi connectivity index (χ2v) is 8.87. The minimum absolute atomic E-state index is 0.0997. The summed E-state index contributed by atoms with van der Waals surface area (Å²) < 4.78 is 7.08. The van der Waals surface area contributed by atoms with Crippen molar-refractivity contribution in [2.24, 2.45) is 0 Å². The van der Waals surface area contributed by atoms with Gasteiger partial charge >= 0.3 is 0 Å². The topological polar surface area (TPSA) is 98.1 Å². The predicted octanol–water partition coefficient (Wildman–Crippen LogP) is 5.90. The van der Waals surface area contributed by atoms with Crippen LogP contribution in [0.15, 0.2) is 66.0 Å². The summed E-state index contributed by atoms with van der Waals surface area (Å²) in [7, 11) is 0. The van der Waals surface area contributed by atoms with Gasteiger partial charge in [-0.05, 0) is 48.2 Å². The van der Waals surface area contributed by atoms with Crippen LogP contribution in [0.3, 0.4) is 0 Å². The van der Waals surface area contributed by atoms with Gasteiger partial charge in [0.1, 0.15) is 11.4 Å². The Morgan fingerprint density at radius 2 is 2.06 bits per heavy atom. The first-order chi connectivity index (χ1) is 16.9. The lowest BCUT2D eigenvalue weighted by molar-refractivity contribution is 0.0959. The number of aryl methyl sites for hydroxylation is 1. The smallest absolute Gasteiger partial charge is 0.274 e. The molecular formula is C24H19Cl2N5O3S. The molecule has 3 aromatic heterocycles. The molecule has 11 heteroatoms. The largest absolute Gasteiger partial charge is 0.437 e. The first kappa shape index (κ1) is 24.5. The standard InChI is InChI=1S/C24H19Cl2N5O3S/c1-3-7-28-23(32)17-11-15(25)10-14(2)21(17)29-24(33)19-12-20(34-16-6-9-35-13-16)30-31(19)22-18(26)5-4-8-27-22/h3-6,8-13H,1,7H2,2H3,(H,28,32)(H,29,33). The number of rotatable bonds is 8. The maximum atomic E-state index is 13.5. The Morgan fingerprint density at radius 3 is 2.77 bits per heavy atom. The third-order valence-electron chi connectivity index (χ3n) is 4.77. The molecule has 2 amide bonds. The van der Waals surface area contributed by atoms with Gasteiger partial charge in [0, 0.05) is 29.2 Å². The minimum atomic E-state index is -0.553. The molecule has 35 heavy (non-hydrogen) atoms. The Bertz CT molecular complexity index is 1400. The van der Waals surface area contributed by atoms with Crippen LogP contribution >= 0.6 is 34.5 Å². The number of nitrogens with one attached hydrogen (secondary N) is 2. The van der Waals surface area contributed by atoms with Gasteiger partial charge in [-0.3, -0.25) is 9.59 Å². The minimum Gasteiger partial charge on any atom is -0.437 e. The number of thiophene rings is 1. The van der Waals surface area contributed by atoms with E-state index in [9.17, 15) is 9.59 Å². The van der Waals surface area contributed by atoms with E-state index in [1.165, 1.54) is 34.3 Å². The van der Waals surface area contributed by atoms with Gasteiger partial charge in [0.25, 0.3) is 11.8 Å². The Morgan fingerprint density at radius 1 is 1.23 bits per heavy atom. The molecule has 0 fully saturated rings. The van der Waals surface area contributed by atoms with E-state index < -0.39 is 11.8 Å². The van der Waals surface area contributed by atoms with Gasteiger partial charge in [-0.1, -0.05) is 29.3 Å². The van der Waals surface area contributed by atoms with Crippen LogP contribution in [-0.4, -0.2) is 33.1 Å². The number of carbonyl (C=O) groups is 2. The maximum absolute atomic E-state index is 13.5. The van der Waals surface area contributed by atoms with Gasteiger partial charge < -0.3 is 15.4 Å². The van der Waals surface area contributed by atoms with E-state index in [-0.39, 0.29) is 29.5 Å². The van der Waals surface area contributed by atoms with Gasteiger partial charge in [0.05, 0.1) is 16.3 Å². The maximum Gasteiger partial charge on any atom is 0.274 e. The van der Waals surface area contributed by atoms with Crippen molar-refractivity contribution < 1.29 is 14.3 Å². The number of halogens is 2. The van der Waals surface area contributed by atoms with E-state index in [0.29, 0.717) is 27.0 Å². The van der Waals surface area contributed by atoms with Crippen LogP contribution in [0.25, 0.3) is 5.82 Å². The number of anilines is 1. The summed E-state index contributed by atoms with van der Waals surface area (Å²) >= 11 is 14.0. The zero-order chi connectivity index (χ0) is 24.9. The van der Waals surface area contributed by atoms with Crippen molar-refractivity contribution in [3.63, 3.8) is 0 Å². The van der Waals surface area contributed by atoms with Gasteiger partial charge in [-0.25, -0.2) is 9.67 Å². The molecule has 2 N–H and O–H groups in total. The Balaban J connectivity index is 1.74. The van der Waals surface area contributed by atoms with Crippen LogP contribution in [0.4, 0.5) is 5.69 Å². The van der Waals surface area contributed by atoms with E-state index in [1.54, 1.807) is 42.6 Å². The van der Waals surface area contributed by atoms with Crippen LogP contribution < -0.4 is 15.4 Å². The molecule has 4 rings (SSSR count). The number of amides is 2. The summed E-state index contributed by atoms with van der Waals surface area (Å²) in [6.07, 6.45) is 3.09. The SMILES string of the molecule is C=CCNC(=O)c1cc(Cl)cc(C)c1NC(=O)c1cc(Oc2ccsc2)nn1-c1ncccc1Cl. The summed E-state index contributed by atoms with van der Waals surface area (Å²) in [6.45, 7) is 5.59. The van der Waals surface area contributed by atoms with Crippen molar-refractivity contribution >= 4 is 52.0 Å². The monoisotopic (exact) mass is 527 g/mol. The summed E-state index contributed by atoms with van der Waals surface area (Å²) in [6, 6.07) is 9.70. The number of hydrogen-bond acceptors (Lipinski definition) is 6. The first-order valence-electron chi connectivity index (χ1n) is 10.3. The van der Waals surface area contributed by atoms with Crippen LogP contribution in [0.1, 0.15) is 26.4 Å². The van der Waals surface area contributed by atoms with Crippen molar-refractivity contribution in [2.75, 3.05) is 11.9 Å². The zero-order valence-corrected chi connectivity index (χ0v) is 20.7. The molecular weight excluding hydrogens is 509 g/mol. The molecule has 3 heterocycles. The third-order valence-corrected chi connectivity index (χ3v) is 5.94. The highest BCUT2D eigenvalue weighted by molar-refractivity contribution is 7.08. The first-order valence-corrected chi connectivity index (χ1v) is 12.0. The number of aromatic nitrogens is 3. The van der Waals surface area contributed by atoms with Crippen LogP contribution in [-0.2, 0) is 0 Å². The van der Waals surface area contributed by atoms with Crippen molar-refractivity contribution in [1.29, 1.82) is 0 Å². The molecule has 8 nitrogen and oxygen atoms in total. The summed E-state index contributed by atoms with van der Waals surface area (Å²) in [4.78, 5) is 30.5. The number of carbonyl (C=O) groups excluding carboxylic acids is 2. The highest BCUT2D eigenvalue weighted by Crippen LogP contribution is 2.29. The second kappa shape index (κ2) is 10.7. The molecule has 0 bridgehead atoms. The summed E-state index contributed by atoms with van der Waals surface area (Å²) in [5, 5.41) is 14.2. The fourth-order valence-electron chi connectivity index (χ4n) is 3.22. The molecule has 0 saturated carbocycles. The van der Waals surface area contributed by atoms with Gasteiger partial charge in [-0.15, -0.1) is 23.0 Å². The lowest BCUT2D eigenvalue weighted by atomic mass is 10.1. The molecule has 4 aromatic rings. The average molecular weight is 528 g/mol. The fourth-order valence-corrected chi connectivity index (χ4v) is 4.25. The van der Waals surface area contributed by atoms with Gasteiger partial charge in [-0.2, -0.15) is 0 Å². The summed E-state index contributed by atoms with van der Waals surface area (Å²) in [5.74, 6) is 0.0351. The Kier molecular flexibility index (Phi) is 7.50. The molecule has 1 aromatic carbocycles. The lowest BCUT2D eigenvalue weighted by Gasteiger charge is -2.15. The van der Waals surface area contributed by atoms with Crippen molar-refractivity contribution in [1.82, 2.24) is 20.1 Å². The van der Waals surface area contributed by atoms with Crippen molar-refractivity contribution in [2.45, 2.75) is 6.92 Å². The lowest BCUT2D eigenvalue weighted by Crippen LogP contribution is -2.26. The normalized spacial score (nSPS) is 10.6. The van der Waals surface area contributed by atoms with E-state index in [2.05, 4.69) is 27.3 Å². The number of ether oxygens (including phenoxy) is 1. The molecule has 0 aliphatic heterocycles. The van der Waals surface area contributed by atoms with Crippen LogP contribution in [0.2, 0.25) is 10.0 Å². The number of nitrogens with zero attached hydrogens (tertiary/aromatic N) is 3. The molecule has 0 radical (unpaired) electrons. The Labute approximate surface area is 215 Å². The van der Waals surface area contributed by atoms with E-state index >= 15 is 0 Å². The van der Waals surface area contributed by atoms with Crippen molar-refractivity contribution in [3.05, 3.63) is 92.9 Å².